The maximum atomic E-state index is 13.1. The molecule has 2 aromatic heterocycles. The normalized spacial score (nSPS) is 10.9. The zero-order valence-electron chi connectivity index (χ0n) is 12.6. The lowest BCUT2D eigenvalue weighted by Gasteiger charge is -2.09. The third kappa shape index (κ3) is 3.05. The first-order valence-electron chi connectivity index (χ1n) is 6.85. The molecule has 0 atom stereocenters. The zero-order valence-corrected chi connectivity index (χ0v) is 13.4. The summed E-state index contributed by atoms with van der Waals surface area (Å²) in [6.45, 7) is 0.376. The fourth-order valence-electron chi connectivity index (χ4n) is 2.31. The van der Waals surface area contributed by atoms with E-state index >= 15 is 0 Å². The quantitative estimate of drug-likeness (QED) is 0.543. The minimum Gasteiger partial charge on any atom is -0.464 e. The second-order valence-electron chi connectivity index (χ2n) is 4.85. The number of nitrogens with zero attached hydrogens (tertiary/aromatic N) is 3. The van der Waals surface area contributed by atoms with E-state index in [0.29, 0.717) is 23.4 Å². The number of carbonyl (C=O) groups is 1. The van der Waals surface area contributed by atoms with Crippen molar-refractivity contribution in [1.29, 1.82) is 0 Å². The van der Waals surface area contributed by atoms with Crippen molar-refractivity contribution in [3.05, 3.63) is 53.6 Å². The van der Waals surface area contributed by atoms with E-state index in [1.165, 1.54) is 31.0 Å². The van der Waals surface area contributed by atoms with E-state index in [4.69, 9.17) is 4.74 Å². The Morgan fingerprint density at radius 3 is 2.74 bits per heavy atom. The number of benzene rings is 1. The van der Waals surface area contributed by atoms with E-state index in [2.05, 4.69) is 9.97 Å². The Balaban J connectivity index is 2.11. The summed E-state index contributed by atoms with van der Waals surface area (Å²) in [5.74, 6) is -0.763. The van der Waals surface area contributed by atoms with Crippen molar-refractivity contribution in [2.24, 2.45) is 0 Å². The smallest absolute Gasteiger partial charge is 0.354 e. The van der Waals surface area contributed by atoms with Crippen molar-refractivity contribution in [2.75, 3.05) is 13.4 Å². The Kier molecular flexibility index (Phi) is 4.29. The molecule has 0 saturated heterocycles. The van der Waals surface area contributed by atoms with Crippen LogP contribution in [0.25, 0.3) is 11.2 Å². The molecule has 2 heterocycles. The molecule has 0 amide bonds. The number of aromatic nitrogens is 3. The van der Waals surface area contributed by atoms with Crippen molar-refractivity contribution < 1.29 is 13.9 Å². The molecule has 0 spiro atoms. The highest BCUT2D eigenvalue weighted by molar-refractivity contribution is 7.98. The minimum absolute atomic E-state index is 0.302. The molecule has 23 heavy (non-hydrogen) atoms. The molecule has 0 aliphatic rings. The maximum absolute atomic E-state index is 13.1. The minimum atomic E-state index is -0.461. The van der Waals surface area contributed by atoms with Crippen LogP contribution in [0.15, 0.2) is 41.6 Å². The van der Waals surface area contributed by atoms with Gasteiger partial charge in [0, 0.05) is 6.54 Å². The zero-order chi connectivity index (χ0) is 16.4. The molecule has 3 aromatic rings. The van der Waals surface area contributed by atoms with Gasteiger partial charge in [0.15, 0.2) is 5.65 Å². The average Bonchev–Trinajstić information content (AvgIpc) is 2.93. The SMILES string of the molecule is COC(=O)c1cc2nc(SC)cnc2n1Cc1ccc(F)cc1. The van der Waals surface area contributed by atoms with Crippen molar-refractivity contribution in [1.82, 2.24) is 14.5 Å². The summed E-state index contributed by atoms with van der Waals surface area (Å²) >= 11 is 1.48. The number of carbonyl (C=O) groups excluding carboxylic acids is 1. The molecule has 5 nitrogen and oxygen atoms in total. The number of halogens is 1. The molecule has 0 N–H and O–H groups in total. The Bertz CT molecular complexity index is 862. The van der Waals surface area contributed by atoms with Crippen molar-refractivity contribution in [3.63, 3.8) is 0 Å². The molecule has 1 aromatic carbocycles. The molecule has 0 aliphatic heterocycles. The summed E-state index contributed by atoms with van der Waals surface area (Å²) in [5.41, 5.74) is 2.43. The predicted molar refractivity (Wildman–Crippen MR) is 86.2 cm³/mol. The van der Waals surface area contributed by atoms with Gasteiger partial charge >= 0.3 is 5.97 Å². The molecule has 0 bridgehead atoms. The standard InChI is InChI=1S/C16H14FN3O2S/c1-22-16(21)13-7-12-15(18-8-14(19-12)23-2)20(13)9-10-3-5-11(17)6-4-10/h3-8H,9H2,1-2H3. The predicted octanol–water partition coefficient (Wildman–Crippen LogP) is 3.13. The van der Waals surface area contributed by atoms with Crippen LogP contribution in [0.4, 0.5) is 4.39 Å². The largest absolute Gasteiger partial charge is 0.464 e. The van der Waals surface area contributed by atoms with Gasteiger partial charge in [0.25, 0.3) is 0 Å². The number of hydrogen-bond acceptors (Lipinski definition) is 5. The van der Waals surface area contributed by atoms with Gasteiger partial charge in [-0.2, -0.15) is 0 Å². The van der Waals surface area contributed by atoms with Crippen molar-refractivity contribution in [3.8, 4) is 0 Å². The molecule has 0 saturated carbocycles. The summed E-state index contributed by atoms with van der Waals surface area (Å²) in [6, 6.07) is 7.78. The highest BCUT2D eigenvalue weighted by Gasteiger charge is 2.18. The average molecular weight is 331 g/mol. The number of esters is 1. The Morgan fingerprint density at radius 2 is 2.09 bits per heavy atom. The number of rotatable bonds is 4. The van der Waals surface area contributed by atoms with E-state index in [0.717, 1.165) is 10.6 Å². The summed E-state index contributed by atoms with van der Waals surface area (Å²) in [5, 5.41) is 0.771. The second-order valence-corrected chi connectivity index (χ2v) is 5.68. The highest BCUT2D eigenvalue weighted by Crippen LogP contribution is 2.22. The van der Waals surface area contributed by atoms with E-state index < -0.39 is 5.97 Å². The lowest BCUT2D eigenvalue weighted by atomic mass is 10.2. The first kappa shape index (κ1) is 15.5. The lowest BCUT2D eigenvalue weighted by molar-refractivity contribution is 0.0589. The van der Waals surface area contributed by atoms with Gasteiger partial charge in [0.05, 0.1) is 13.3 Å². The van der Waals surface area contributed by atoms with Gasteiger partial charge in [0.2, 0.25) is 0 Å². The summed E-state index contributed by atoms with van der Waals surface area (Å²) in [7, 11) is 1.33. The highest BCUT2D eigenvalue weighted by atomic mass is 32.2. The van der Waals surface area contributed by atoms with Gasteiger partial charge < -0.3 is 9.30 Å². The monoisotopic (exact) mass is 331 g/mol. The van der Waals surface area contributed by atoms with E-state index in [1.807, 2.05) is 6.26 Å². The molecule has 0 fully saturated rings. The molecule has 7 heteroatoms. The van der Waals surface area contributed by atoms with Crippen LogP contribution in [0, 0.1) is 5.82 Å². The van der Waals surface area contributed by atoms with Crippen LogP contribution in [0.3, 0.4) is 0 Å². The summed E-state index contributed by atoms with van der Waals surface area (Å²) < 4.78 is 19.6. The van der Waals surface area contributed by atoms with Crippen LogP contribution in [0.5, 0.6) is 0 Å². The molecule has 0 unspecified atom stereocenters. The van der Waals surface area contributed by atoms with Gasteiger partial charge in [-0.05, 0) is 30.0 Å². The van der Waals surface area contributed by atoms with Crippen LogP contribution in [-0.2, 0) is 11.3 Å². The number of methoxy groups -OCH3 is 1. The molecule has 0 radical (unpaired) electrons. The first-order chi connectivity index (χ1) is 11.1. The Labute approximate surface area is 136 Å². The van der Waals surface area contributed by atoms with Crippen LogP contribution < -0.4 is 0 Å². The maximum Gasteiger partial charge on any atom is 0.354 e. The molecular weight excluding hydrogens is 317 g/mol. The fourth-order valence-corrected chi connectivity index (χ4v) is 2.66. The van der Waals surface area contributed by atoms with Gasteiger partial charge in [-0.1, -0.05) is 12.1 Å². The van der Waals surface area contributed by atoms with Gasteiger partial charge in [-0.3, -0.25) is 0 Å². The van der Waals surface area contributed by atoms with Crippen LogP contribution in [-0.4, -0.2) is 33.9 Å². The summed E-state index contributed by atoms with van der Waals surface area (Å²) in [6.07, 6.45) is 3.57. The number of hydrogen-bond donors (Lipinski definition) is 0. The Morgan fingerprint density at radius 1 is 1.35 bits per heavy atom. The number of thioether (sulfide) groups is 1. The third-order valence-corrected chi connectivity index (χ3v) is 4.05. The second kappa shape index (κ2) is 6.37. The van der Waals surface area contributed by atoms with Crippen LogP contribution in [0.2, 0.25) is 0 Å². The van der Waals surface area contributed by atoms with Crippen molar-refractivity contribution >= 4 is 28.9 Å². The number of ether oxygens (including phenoxy) is 1. The van der Waals surface area contributed by atoms with Gasteiger partial charge in [-0.25, -0.2) is 19.2 Å². The van der Waals surface area contributed by atoms with E-state index in [1.54, 1.807) is 29.0 Å². The number of fused-ring (bicyclic) bond motifs is 1. The first-order valence-corrected chi connectivity index (χ1v) is 8.08. The van der Waals surface area contributed by atoms with Gasteiger partial charge in [0.1, 0.15) is 22.1 Å². The van der Waals surface area contributed by atoms with Crippen LogP contribution in [0.1, 0.15) is 16.1 Å². The molecule has 118 valence electrons. The third-order valence-electron chi connectivity index (χ3n) is 3.43. The molecule has 3 rings (SSSR count). The fraction of sp³-hybridized carbons (Fsp3) is 0.188. The lowest BCUT2D eigenvalue weighted by Crippen LogP contribution is -2.11. The molecule has 0 aliphatic carbocycles. The van der Waals surface area contributed by atoms with E-state index in [9.17, 15) is 9.18 Å². The van der Waals surface area contributed by atoms with Gasteiger partial charge in [-0.15, -0.1) is 11.8 Å². The summed E-state index contributed by atoms with van der Waals surface area (Å²) in [4.78, 5) is 20.9. The topological polar surface area (TPSA) is 57.0 Å². The Hall–Kier alpha value is -2.41. The van der Waals surface area contributed by atoms with Crippen molar-refractivity contribution in [2.45, 2.75) is 11.6 Å². The van der Waals surface area contributed by atoms with Crippen LogP contribution >= 0.6 is 11.8 Å². The van der Waals surface area contributed by atoms with E-state index in [-0.39, 0.29) is 5.82 Å². The molecular formula is C16H14FN3O2S.